The van der Waals surface area contributed by atoms with Gasteiger partial charge in [0.05, 0.1) is 11.3 Å². The van der Waals surface area contributed by atoms with E-state index in [1.807, 2.05) is 0 Å². The predicted molar refractivity (Wildman–Crippen MR) is 59.1 cm³/mol. The van der Waals surface area contributed by atoms with Crippen LogP contribution in [0.2, 0.25) is 0 Å². The van der Waals surface area contributed by atoms with Gasteiger partial charge in [-0.25, -0.2) is 0 Å². The van der Waals surface area contributed by atoms with Gasteiger partial charge in [-0.1, -0.05) is 18.2 Å². The van der Waals surface area contributed by atoms with Crippen molar-refractivity contribution in [1.29, 1.82) is 0 Å². The number of hydrogen-bond donors (Lipinski definition) is 1. The van der Waals surface area contributed by atoms with E-state index in [2.05, 4.69) is 0 Å². The maximum absolute atomic E-state index is 12.6. The fraction of sp³-hybridized carbons (Fsp3) is 0.308. The van der Waals surface area contributed by atoms with E-state index in [0.717, 1.165) is 18.2 Å². The molecule has 0 heterocycles. The molecule has 0 radical (unpaired) electrons. The second kappa shape index (κ2) is 4.48. The molecule has 0 spiro atoms. The molecular formula is C13H11F3O2. The number of carbonyl (C=O) groups excluding carboxylic acids is 1. The lowest BCUT2D eigenvalue weighted by Gasteiger charge is -2.20. The molecule has 2 rings (SSSR count). The molecule has 5 heteroatoms. The molecule has 96 valence electrons. The first kappa shape index (κ1) is 12.7. The van der Waals surface area contributed by atoms with Gasteiger partial charge in [0.1, 0.15) is 0 Å². The summed E-state index contributed by atoms with van der Waals surface area (Å²) >= 11 is 0. The van der Waals surface area contributed by atoms with Gasteiger partial charge in [-0.3, -0.25) is 4.79 Å². The topological polar surface area (TPSA) is 37.3 Å². The molecule has 1 unspecified atom stereocenters. The number of halogens is 3. The van der Waals surface area contributed by atoms with Crippen molar-refractivity contribution in [2.45, 2.75) is 24.9 Å². The Balaban J connectivity index is 2.30. The van der Waals surface area contributed by atoms with E-state index in [4.69, 9.17) is 0 Å². The number of allylic oxidation sites excluding steroid dienone is 2. The summed E-state index contributed by atoms with van der Waals surface area (Å²) in [6.07, 6.45) is -2.94. The Bertz CT molecular complexity index is 503. The van der Waals surface area contributed by atoms with Crippen molar-refractivity contribution < 1.29 is 23.1 Å². The number of hydrogen-bond acceptors (Lipinski definition) is 2. The number of aliphatic hydroxyl groups is 1. The van der Waals surface area contributed by atoms with Gasteiger partial charge in [-0.15, -0.1) is 0 Å². The van der Waals surface area contributed by atoms with Gasteiger partial charge in [0, 0.05) is 18.9 Å². The molecular weight excluding hydrogens is 245 g/mol. The van der Waals surface area contributed by atoms with Crippen LogP contribution in [0.3, 0.4) is 0 Å². The fourth-order valence-corrected chi connectivity index (χ4v) is 2.08. The zero-order valence-corrected chi connectivity index (χ0v) is 9.37. The Morgan fingerprint density at radius 2 is 1.94 bits per heavy atom. The van der Waals surface area contributed by atoms with Crippen molar-refractivity contribution in [2.75, 3.05) is 0 Å². The summed E-state index contributed by atoms with van der Waals surface area (Å²) in [5, 5.41) is 9.36. The molecule has 0 amide bonds. The summed E-state index contributed by atoms with van der Waals surface area (Å²) in [7, 11) is 0. The zero-order valence-electron chi connectivity index (χ0n) is 9.37. The van der Waals surface area contributed by atoms with Crippen molar-refractivity contribution in [3.63, 3.8) is 0 Å². The Labute approximate surface area is 102 Å². The first-order valence-electron chi connectivity index (χ1n) is 5.46. The van der Waals surface area contributed by atoms with Crippen molar-refractivity contribution in [1.82, 2.24) is 0 Å². The van der Waals surface area contributed by atoms with E-state index in [1.54, 1.807) is 6.07 Å². The second-order valence-electron chi connectivity index (χ2n) is 4.33. The van der Waals surface area contributed by atoms with E-state index in [0.29, 0.717) is 5.56 Å². The molecule has 2 nitrogen and oxygen atoms in total. The third-order valence-electron chi connectivity index (χ3n) is 2.92. The Kier molecular flexibility index (Phi) is 3.15. The minimum Gasteiger partial charge on any atom is -0.512 e. The molecule has 0 saturated carbocycles. The second-order valence-corrected chi connectivity index (χ2v) is 4.33. The highest BCUT2D eigenvalue weighted by atomic mass is 19.4. The summed E-state index contributed by atoms with van der Waals surface area (Å²) < 4.78 is 37.7. The Morgan fingerprint density at radius 3 is 2.56 bits per heavy atom. The molecule has 0 aromatic heterocycles. The van der Waals surface area contributed by atoms with Crippen LogP contribution < -0.4 is 0 Å². The maximum atomic E-state index is 12.6. The van der Waals surface area contributed by atoms with Crippen LogP contribution in [0.15, 0.2) is 36.1 Å². The lowest BCUT2D eigenvalue weighted by atomic mass is 9.85. The number of ketones is 1. The smallest absolute Gasteiger partial charge is 0.416 e. The van der Waals surface area contributed by atoms with Crippen LogP contribution in [0, 0.1) is 0 Å². The quantitative estimate of drug-likeness (QED) is 0.833. The molecule has 0 bridgehead atoms. The summed E-state index contributed by atoms with van der Waals surface area (Å²) in [5.74, 6) is -0.723. The molecule has 1 aliphatic rings. The highest BCUT2D eigenvalue weighted by Crippen LogP contribution is 2.35. The van der Waals surface area contributed by atoms with Gasteiger partial charge in [0.25, 0.3) is 0 Å². The number of aliphatic hydroxyl groups excluding tert-OH is 1. The van der Waals surface area contributed by atoms with Crippen LogP contribution in [0.5, 0.6) is 0 Å². The van der Waals surface area contributed by atoms with E-state index in [9.17, 15) is 23.1 Å². The van der Waals surface area contributed by atoms with E-state index < -0.39 is 11.7 Å². The summed E-state index contributed by atoms with van der Waals surface area (Å²) in [6, 6.07) is 4.89. The minimum absolute atomic E-state index is 0.0753. The van der Waals surface area contributed by atoms with Crippen molar-refractivity contribution in [3.8, 4) is 0 Å². The first-order chi connectivity index (χ1) is 8.36. The monoisotopic (exact) mass is 256 g/mol. The average Bonchev–Trinajstić information content (AvgIpc) is 2.27. The standard InChI is InChI=1S/C13H11F3O2/c14-13(15,16)10-3-1-2-8(4-10)9-5-11(17)7-12(18)6-9/h1-4,7,9,17H,5-6H2. The number of carbonyl (C=O) groups is 1. The number of rotatable bonds is 1. The molecule has 0 fully saturated rings. The first-order valence-corrected chi connectivity index (χ1v) is 5.46. The van der Waals surface area contributed by atoms with Gasteiger partial charge >= 0.3 is 6.18 Å². The Hall–Kier alpha value is -1.78. The van der Waals surface area contributed by atoms with E-state index >= 15 is 0 Å². The fourth-order valence-electron chi connectivity index (χ4n) is 2.08. The molecule has 1 aromatic rings. The molecule has 18 heavy (non-hydrogen) atoms. The van der Waals surface area contributed by atoms with Gasteiger partial charge in [0.15, 0.2) is 5.78 Å². The number of alkyl halides is 3. The lowest BCUT2D eigenvalue weighted by molar-refractivity contribution is -0.137. The van der Waals surface area contributed by atoms with Crippen LogP contribution in [-0.4, -0.2) is 10.9 Å². The van der Waals surface area contributed by atoms with Crippen LogP contribution in [0.4, 0.5) is 13.2 Å². The number of benzene rings is 1. The van der Waals surface area contributed by atoms with Crippen LogP contribution in [0.1, 0.15) is 29.9 Å². The predicted octanol–water partition coefficient (Wildman–Crippen LogP) is 3.59. The molecule has 1 N–H and O–H groups in total. The highest BCUT2D eigenvalue weighted by Gasteiger charge is 2.31. The SMILES string of the molecule is O=C1C=C(O)CC(c2cccc(C(F)(F)F)c2)C1. The van der Waals surface area contributed by atoms with Crippen molar-refractivity contribution in [2.24, 2.45) is 0 Å². The minimum atomic E-state index is -4.40. The third-order valence-corrected chi connectivity index (χ3v) is 2.92. The normalized spacial score (nSPS) is 20.7. The van der Waals surface area contributed by atoms with E-state index in [-0.39, 0.29) is 30.3 Å². The maximum Gasteiger partial charge on any atom is 0.416 e. The zero-order chi connectivity index (χ0) is 13.3. The molecule has 1 aliphatic carbocycles. The van der Waals surface area contributed by atoms with Crippen LogP contribution in [0.25, 0.3) is 0 Å². The summed E-state index contributed by atoms with van der Waals surface area (Å²) in [6.45, 7) is 0. The summed E-state index contributed by atoms with van der Waals surface area (Å²) in [4.78, 5) is 11.3. The highest BCUT2D eigenvalue weighted by molar-refractivity contribution is 5.91. The summed E-state index contributed by atoms with van der Waals surface area (Å²) in [5.41, 5.74) is -0.306. The Morgan fingerprint density at radius 1 is 1.22 bits per heavy atom. The molecule has 1 atom stereocenters. The van der Waals surface area contributed by atoms with Crippen LogP contribution in [-0.2, 0) is 11.0 Å². The molecule has 0 aliphatic heterocycles. The van der Waals surface area contributed by atoms with Gasteiger partial charge in [-0.2, -0.15) is 13.2 Å². The van der Waals surface area contributed by atoms with Gasteiger partial charge in [-0.05, 0) is 17.5 Å². The van der Waals surface area contributed by atoms with Crippen molar-refractivity contribution in [3.05, 3.63) is 47.2 Å². The van der Waals surface area contributed by atoms with Crippen LogP contribution >= 0.6 is 0 Å². The largest absolute Gasteiger partial charge is 0.512 e. The van der Waals surface area contributed by atoms with Gasteiger partial charge in [0.2, 0.25) is 0 Å². The molecule has 1 aromatic carbocycles. The van der Waals surface area contributed by atoms with Crippen molar-refractivity contribution >= 4 is 5.78 Å². The molecule has 0 saturated heterocycles. The third kappa shape index (κ3) is 2.72. The van der Waals surface area contributed by atoms with Gasteiger partial charge < -0.3 is 5.11 Å². The lowest BCUT2D eigenvalue weighted by Crippen LogP contribution is -2.13. The average molecular weight is 256 g/mol. The van der Waals surface area contributed by atoms with E-state index in [1.165, 1.54) is 6.07 Å².